The van der Waals surface area contributed by atoms with Crippen LogP contribution in [-0.4, -0.2) is 9.91 Å². The van der Waals surface area contributed by atoms with E-state index in [2.05, 4.69) is 4.98 Å². The zero-order valence-corrected chi connectivity index (χ0v) is 8.73. The number of fused-ring (bicyclic) bond motifs is 1. The van der Waals surface area contributed by atoms with Crippen molar-refractivity contribution in [2.45, 2.75) is 6.18 Å². The standard InChI is InChI=1S/C10H6F3N3O2/c11-10(12,13)5-1-2-7-6(3-5)9(14)8(4-15-7)16(17)18/h1-4H,(H2,14,15). The number of nitrogens with two attached hydrogens (primary N) is 1. The van der Waals surface area contributed by atoms with Crippen LogP contribution in [0.25, 0.3) is 10.9 Å². The van der Waals surface area contributed by atoms with Crippen LogP contribution in [0.4, 0.5) is 24.5 Å². The van der Waals surface area contributed by atoms with Gasteiger partial charge in [-0.3, -0.25) is 10.1 Å². The number of anilines is 1. The predicted molar refractivity (Wildman–Crippen MR) is 57.8 cm³/mol. The summed E-state index contributed by atoms with van der Waals surface area (Å²) in [6, 6.07) is 2.73. The van der Waals surface area contributed by atoms with Gasteiger partial charge in [0, 0.05) is 5.39 Å². The minimum absolute atomic E-state index is 0.0842. The summed E-state index contributed by atoms with van der Waals surface area (Å²) in [4.78, 5) is 13.5. The molecule has 0 fully saturated rings. The van der Waals surface area contributed by atoms with E-state index in [1.807, 2.05) is 0 Å². The smallest absolute Gasteiger partial charge is 0.393 e. The fraction of sp³-hybridized carbons (Fsp3) is 0.100. The Kier molecular flexibility index (Phi) is 2.57. The Morgan fingerprint density at radius 2 is 2.00 bits per heavy atom. The molecule has 1 aromatic carbocycles. The molecule has 0 aliphatic rings. The lowest BCUT2D eigenvalue weighted by molar-refractivity contribution is -0.384. The van der Waals surface area contributed by atoms with Gasteiger partial charge in [0.25, 0.3) is 0 Å². The van der Waals surface area contributed by atoms with Crippen LogP contribution in [0.1, 0.15) is 5.56 Å². The first kappa shape index (κ1) is 12.1. The molecule has 2 N–H and O–H groups in total. The zero-order valence-electron chi connectivity index (χ0n) is 8.73. The molecule has 0 aliphatic heterocycles. The lowest BCUT2D eigenvalue weighted by Crippen LogP contribution is -2.05. The van der Waals surface area contributed by atoms with Crippen molar-refractivity contribution >= 4 is 22.3 Å². The number of hydrogen-bond acceptors (Lipinski definition) is 4. The molecule has 0 saturated heterocycles. The van der Waals surface area contributed by atoms with Crippen LogP contribution < -0.4 is 5.73 Å². The van der Waals surface area contributed by atoms with Gasteiger partial charge >= 0.3 is 11.9 Å². The Balaban J connectivity index is 2.75. The summed E-state index contributed by atoms with van der Waals surface area (Å²) < 4.78 is 37.5. The summed E-state index contributed by atoms with van der Waals surface area (Å²) in [6.07, 6.45) is -3.61. The van der Waals surface area contributed by atoms with Crippen LogP contribution in [0.15, 0.2) is 24.4 Å². The minimum Gasteiger partial charge on any atom is -0.393 e. The van der Waals surface area contributed by atoms with Gasteiger partial charge < -0.3 is 5.73 Å². The van der Waals surface area contributed by atoms with E-state index < -0.39 is 22.4 Å². The van der Waals surface area contributed by atoms with Crippen molar-refractivity contribution in [3.05, 3.63) is 40.1 Å². The van der Waals surface area contributed by atoms with Crippen molar-refractivity contribution in [2.75, 3.05) is 5.73 Å². The van der Waals surface area contributed by atoms with E-state index in [1.165, 1.54) is 0 Å². The number of hydrogen-bond donors (Lipinski definition) is 1. The molecule has 0 aliphatic carbocycles. The van der Waals surface area contributed by atoms with Crippen LogP contribution in [0, 0.1) is 10.1 Å². The van der Waals surface area contributed by atoms with Crippen molar-refractivity contribution in [3.8, 4) is 0 Å². The number of rotatable bonds is 1. The summed E-state index contributed by atoms with van der Waals surface area (Å²) in [5, 5.41) is 10.5. The molecule has 0 saturated carbocycles. The minimum atomic E-state index is -4.54. The zero-order chi connectivity index (χ0) is 13.5. The molecule has 2 rings (SSSR count). The second-order valence-corrected chi connectivity index (χ2v) is 3.54. The average Bonchev–Trinajstić information content (AvgIpc) is 2.27. The molecule has 0 amide bonds. The number of alkyl halides is 3. The van der Waals surface area contributed by atoms with Crippen molar-refractivity contribution in [1.82, 2.24) is 4.98 Å². The summed E-state index contributed by atoms with van der Waals surface area (Å²) >= 11 is 0. The Morgan fingerprint density at radius 1 is 1.33 bits per heavy atom. The van der Waals surface area contributed by atoms with E-state index in [9.17, 15) is 23.3 Å². The van der Waals surface area contributed by atoms with E-state index >= 15 is 0 Å². The molecule has 0 unspecified atom stereocenters. The molecule has 0 bridgehead atoms. The first-order valence-corrected chi connectivity index (χ1v) is 4.70. The van der Waals surface area contributed by atoms with Gasteiger partial charge in [0.2, 0.25) is 0 Å². The molecule has 0 spiro atoms. The van der Waals surface area contributed by atoms with Gasteiger partial charge in [-0.05, 0) is 18.2 Å². The number of aromatic nitrogens is 1. The normalized spacial score (nSPS) is 11.7. The second-order valence-electron chi connectivity index (χ2n) is 3.54. The number of benzene rings is 1. The van der Waals surface area contributed by atoms with Gasteiger partial charge in [0.05, 0.1) is 16.0 Å². The van der Waals surface area contributed by atoms with E-state index in [0.717, 1.165) is 24.4 Å². The van der Waals surface area contributed by atoms with Gasteiger partial charge in [-0.25, -0.2) is 4.98 Å². The highest BCUT2D eigenvalue weighted by atomic mass is 19.4. The summed E-state index contributed by atoms with van der Waals surface area (Å²) in [5.74, 6) is 0. The summed E-state index contributed by atoms with van der Waals surface area (Å²) in [6.45, 7) is 0. The third kappa shape index (κ3) is 1.92. The third-order valence-corrected chi connectivity index (χ3v) is 2.41. The predicted octanol–water partition coefficient (Wildman–Crippen LogP) is 2.74. The first-order chi connectivity index (χ1) is 8.30. The van der Waals surface area contributed by atoms with Crippen molar-refractivity contribution < 1.29 is 18.1 Å². The lowest BCUT2D eigenvalue weighted by atomic mass is 10.1. The Bertz CT molecular complexity index is 640. The van der Waals surface area contributed by atoms with Crippen LogP contribution in [-0.2, 0) is 6.18 Å². The van der Waals surface area contributed by atoms with Crippen LogP contribution in [0.3, 0.4) is 0 Å². The lowest BCUT2D eigenvalue weighted by Gasteiger charge is -2.08. The average molecular weight is 257 g/mol. The van der Waals surface area contributed by atoms with Gasteiger partial charge in [-0.2, -0.15) is 13.2 Å². The Labute approximate surface area is 98.2 Å². The van der Waals surface area contributed by atoms with E-state index in [0.29, 0.717) is 0 Å². The Morgan fingerprint density at radius 3 is 2.56 bits per heavy atom. The van der Waals surface area contributed by atoms with Crippen molar-refractivity contribution in [1.29, 1.82) is 0 Å². The SMILES string of the molecule is Nc1c([N+](=O)[O-])cnc2ccc(C(F)(F)F)cc12. The molecule has 18 heavy (non-hydrogen) atoms. The third-order valence-electron chi connectivity index (χ3n) is 2.41. The molecular weight excluding hydrogens is 251 g/mol. The quantitative estimate of drug-likeness (QED) is 0.629. The fourth-order valence-corrected chi connectivity index (χ4v) is 1.52. The maximum atomic E-state index is 12.5. The maximum Gasteiger partial charge on any atom is 0.416 e. The van der Waals surface area contributed by atoms with Gasteiger partial charge in [-0.1, -0.05) is 0 Å². The van der Waals surface area contributed by atoms with E-state index in [1.54, 1.807) is 0 Å². The molecule has 5 nitrogen and oxygen atoms in total. The molecule has 1 aromatic heterocycles. The van der Waals surface area contributed by atoms with Crippen molar-refractivity contribution in [3.63, 3.8) is 0 Å². The number of pyridine rings is 1. The molecule has 8 heteroatoms. The van der Waals surface area contributed by atoms with Crippen LogP contribution >= 0.6 is 0 Å². The monoisotopic (exact) mass is 257 g/mol. The maximum absolute atomic E-state index is 12.5. The molecule has 0 atom stereocenters. The first-order valence-electron chi connectivity index (χ1n) is 4.70. The molecule has 2 aromatic rings. The topological polar surface area (TPSA) is 82.0 Å². The van der Waals surface area contributed by atoms with E-state index in [-0.39, 0.29) is 16.6 Å². The molecule has 0 radical (unpaired) electrons. The van der Waals surface area contributed by atoms with Crippen molar-refractivity contribution in [2.24, 2.45) is 0 Å². The number of halogens is 3. The van der Waals surface area contributed by atoms with Crippen LogP contribution in [0.5, 0.6) is 0 Å². The second kappa shape index (κ2) is 3.83. The highest BCUT2D eigenvalue weighted by Crippen LogP contribution is 2.34. The molecule has 1 heterocycles. The van der Waals surface area contributed by atoms with Gasteiger partial charge in [-0.15, -0.1) is 0 Å². The number of nitrogen functional groups attached to an aromatic ring is 1. The van der Waals surface area contributed by atoms with Crippen LogP contribution in [0.2, 0.25) is 0 Å². The molecular formula is C10H6F3N3O2. The summed E-state index contributed by atoms with van der Waals surface area (Å²) in [5.41, 5.74) is 3.89. The fourth-order valence-electron chi connectivity index (χ4n) is 1.52. The number of nitrogens with zero attached hydrogens (tertiary/aromatic N) is 2. The number of nitro groups is 1. The van der Waals surface area contributed by atoms with Gasteiger partial charge in [0.15, 0.2) is 0 Å². The highest BCUT2D eigenvalue weighted by molar-refractivity contribution is 5.94. The van der Waals surface area contributed by atoms with Gasteiger partial charge in [0.1, 0.15) is 11.9 Å². The Hall–Kier alpha value is -2.38. The summed E-state index contributed by atoms with van der Waals surface area (Å²) in [7, 11) is 0. The molecule has 94 valence electrons. The largest absolute Gasteiger partial charge is 0.416 e. The highest BCUT2D eigenvalue weighted by Gasteiger charge is 2.31. The van der Waals surface area contributed by atoms with E-state index in [4.69, 9.17) is 5.73 Å².